The molecule has 0 radical (unpaired) electrons. The van der Waals surface area contributed by atoms with Gasteiger partial charge >= 0.3 is 13.1 Å². The summed E-state index contributed by atoms with van der Waals surface area (Å²) in [4.78, 5) is 14.6. The molecule has 0 aromatic heterocycles. The standard InChI is InChI=1S/C25H43BN2O4/c1-23(2)19-13-20(23)24(3)21(14-19)31-26(32-24)10-6-7-17-8-9-18(16-28-11-4-5-12-28)25(27,15-17)22(29)30/h17-21H,4-16,27H2,1-3H3,(H,29,30)/t17-,18+,19-,20-,21+,24-,25-/m1/s1. The van der Waals surface area contributed by atoms with Crippen LogP contribution in [0.15, 0.2) is 0 Å². The van der Waals surface area contributed by atoms with Gasteiger partial charge in [-0.15, -0.1) is 0 Å². The number of carboxylic acids is 1. The molecule has 2 saturated heterocycles. The molecular weight excluding hydrogens is 403 g/mol. The number of aliphatic carboxylic acids is 1. The maximum Gasteiger partial charge on any atom is 0.457 e. The van der Waals surface area contributed by atoms with Crippen molar-refractivity contribution < 1.29 is 19.2 Å². The third-order valence-corrected chi connectivity index (χ3v) is 10.4. The lowest BCUT2D eigenvalue weighted by molar-refractivity contribution is -0.199. The van der Waals surface area contributed by atoms with Gasteiger partial charge in [0.25, 0.3) is 0 Å². The van der Waals surface area contributed by atoms with Crippen LogP contribution >= 0.6 is 0 Å². The van der Waals surface area contributed by atoms with E-state index in [1.807, 2.05) is 0 Å². The van der Waals surface area contributed by atoms with Crippen molar-refractivity contribution in [2.45, 2.75) is 102 Å². The minimum Gasteiger partial charge on any atom is -0.480 e. The van der Waals surface area contributed by atoms with Gasteiger partial charge in [-0.05, 0) is 94.4 Å². The smallest absolute Gasteiger partial charge is 0.457 e. The van der Waals surface area contributed by atoms with Gasteiger partial charge in [-0.2, -0.15) is 0 Å². The SMILES string of the molecule is CC1(C)[C@H]2C[C@@H]3OB(CCC[C@@H]4CC[C@@H](CN5CCCC5)[C@@](N)(C(=O)O)C4)O[C@]3(C)[C@@H]1C2. The van der Waals surface area contributed by atoms with E-state index >= 15 is 0 Å². The van der Waals surface area contributed by atoms with E-state index in [9.17, 15) is 9.90 Å². The molecule has 0 spiro atoms. The van der Waals surface area contributed by atoms with Crippen molar-refractivity contribution in [3.63, 3.8) is 0 Å². The quantitative estimate of drug-likeness (QED) is 0.579. The molecule has 6 fully saturated rings. The summed E-state index contributed by atoms with van der Waals surface area (Å²) in [5.41, 5.74) is 5.73. The monoisotopic (exact) mass is 446 g/mol. The molecule has 2 aliphatic heterocycles. The van der Waals surface area contributed by atoms with Crippen LogP contribution in [0.2, 0.25) is 6.32 Å². The molecule has 0 unspecified atom stereocenters. The summed E-state index contributed by atoms with van der Waals surface area (Å²) in [5.74, 6) is 1.01. The zero-order chi connectivity index (χ0) is 22.7. The van der Waals surface area contributed by atoms with Gasteiger partial charge < -0.3 is 25.0 Å². The molecular formula is C25H43BN2O4. The highest BCUT2D eigenvalue weighted by molar-refractivity contribution is 6.45. The second-order valence-electron chi connectivity index (χ2n) is 12.5. The van der Waals surface area contributed by atoms with Crippen molar-refractivity contribution in [3.8, 4) is 0 Å². The van der Waals surface area contributed by atoms with Crippen molar-refractivity contribution in [2.24, 2.45) is 34.8 Å². The van der Waals surface area contributed by atoms with Crippen LogP contribution in [-0.2, 0) is 14.1 Å². The van der Waals surface area contributed by atoms with Crippen LogP contribution in [-0.4, -0.2) is 60.0 Å². The molecule has 4 saturated carbocycles. The van der Waals surface area contributed by atoms with Gasteiger partial charge in [-0.3, -0.25) is 4.79 Å². The fourth-order valence-electron chi connectivity index (χ4n) is 8.13. The highest BCUT2D eigenvalue weighted by atomic mass is 16.7. The lowest BCUT2D eigenvalue weighted by atomic mass is 9.43. The average molecular weight is 446 g/mol. The number of carbonyl (C=O) groups is 1. The lowest BCUT2D eigenvalue weighted by Crippen LogP contribution is -2.65. The van der Waals surface area contributed by atoms with Crippen LogP contribution < -0.4 is 5.73 Å². The average Bonchev–Trinajstić information content (AvgIpc) is 3.36. The molecule has 7 atom stereocenters. The Balaban J connectivity index is 1.12. The predicted octanol–water partition coefficient (Wildman–Crippen LogP) is 3.79. The van der Waals surface area contributed by atoms with Crippen LogP contribution in [0.25, 0.3) is 0 Å². The molecule has 4 aliphatic carbocycles. The molecule has 2 heterocycles. The zero-order valence-corrected chi connectivity index (χ0v) is 20.4. The first kappa shape index (κ1) is 23.1. The van der Waals surface area contributed by atoms with E-state index in [0.29, 0.717) is 23.7 Å². The summed E-state index contributed by atoms with van der Waals surface area (Å²) < 4.78 is 12.9. The first-order valence-corrected chi connectivity index (χ1v) is 13.2. The van der Waals surface area contributed by atoms with Gasteiger partial charge in [0, 0.05) is 12.5 Å². The van der Waals surface area contributed by atoms with E-state index in [1.165, 1.54) is 19.3 Å². The summed E-state index contributed by atoms with van der Waals surface area (Å²) in [5, 5.41) is 9.99. The van der Waals surface area contributed by atoms with E-state index in [2.05, 4.69) is 25.7 Å². The number of carboxylic acid groups (broad SMARTS) is 1. The first-order valence-electron chi connectivity index (χ1n) is 13.2. The Morgan fingerprint density at radius 2 is 1.94 bits per heavy atom. The molecule has 0 aromatic carbocycles. The second kappa shape index (κ2) is 8.25. The summed E-state index contributed by atoms with van der Waals surface area (Å²) in [6.45, 7) is 10.1. The Morgan fingerprint density at radius 1 is 1.19 bits per heavy atom. The fraction of sp³-hybridized carbons (Fsp3) is 0.960. The van der Waals surface area contributed by atoms with Crippen molar-refractivity contribution in [1.82, 2.24) is 4.90 Å². The summed E-state index contributed by atoms with van der Waals surface area (Å²) in [7, 11) is -0.103. The Bertz CT molecular complexity index is 729. The van der Waals surface area contributed by atoms with Crippen LogP contribution in [0.5, 0.6) is 0 Å². The molecule has 7 heteroatoms. The Hall–Kier alpha value is -0.625. The molecule has 0 amide bonds. The van der Waals surface area contributed by atoms with Gasteiger partial charge in [0.1, 0.15) is 5.54 Å². The molecule has 2 bridgehead atoms. The van der Waals surface area contributed by atoms with Gasteiger partial charge in [0.05, 0.1) is 11.7 Å². The molecule has 180 valence electrons. The minimum absolute atomic E-state index is 0.0637. The predicted molar refractivity (Wildman–Crippen MR) is 125 cm³/mol. The molecule has 3 N–H and O–H groups in total. The van der Waals surface area contributed by atoms with Crippen molar-refractivity contribution in [2.75, 3.05) is 19.6 Å². The second-order valence-corrected chi connectivity index (χ2v) is 12.5. The van der Waals surface area contributed by atoms with Gasteiger partial charge in [0.15, 0.2) is 0 Å². The Labute approximate surface area is 194 Å². The highest BCUT2D eigenvalue weighted by Crippen LogP contribution is 2.65. The van der Waals surface area contributed by atoms with Crippen molar-refractivity contribution in [3.05, 3.63) is 0 Å². The molecule has 6 rings (SSSR count). The molecule has 32 heavy (non-hydrogen) atoms. The zero-order valence-electron chi connectivity index (χ0n) is 20.4. The van der Waals surface area contributed by atoms with Gasteiger partial charge in [-0.1, -0.05) is 26.7 Å². The normalized spacial score (nSPS) is 45.5. The van der Waals surface area contributed by atoms with Crippen LogP contribution in [0, 0.1) is 29.1 Å². The molecule has 0 aromatic rings. The number of hydrogen-bond acceptors (Lipinski definition) is 5. The highest BCUT2D eigenvalue weighted by Gasteiger charge is 2.67. The topological polar surface area (TPSA) is 85.0 Å². The van der Waals surface area contributed by atoms with E-state index in [-0.39, 0.29) is 24.7 Å². The van der Waals surface area contributed by atoms with E-state index < -0.39 is 11.5 Å². The maximum atomic E-state index is 12.2. The van der Waals surface area contributed by atoms with Crippen LogP contribution in [0.1, 0.15) is 78.6 Å². The lowest BCUT2D eigenvalue weighted by Gasteiger charge is -2.64. The Kier molecular flexibility index (Phi) is 5.96. The first-order chi connectivity index (χ1) is 15.1. The summed E-state index contributed by atoms with van der Waals surface area (Å²) in [6, 6.07) is 0. The summed E-state index contributed by atoms with van der Waals surface area (Å²) in [6.07, 6.45) is 10.7. The molecule has 6 nitrogen and oxygen atoms in total. The summed E-state index contributed by atoms with van der Waals surface area (Å²) >= 11 is 0. The largest absolute Gasteiger partial charge is 0.480 e. The van der Waals surface area contributed by atoms with Crippen LogP contribution in [0.4, 0.5) is 0 Å². The number of nitrogens with two attached hydrogens (primary N) is 1. The van der Waals surface area contributed by atoms with E-state index in [4.69, 9.17) is 15.0 Å². The Morgan fingerprint density at radius 3 is 2.62 bits per heavy atom. The maximum absolute atomic E-state index is 12.2. The van der Waals surface area contributed by atoms with Crippen molar-refractivity contribution >= 4 is 13.1 Å². The van der Waals surface area contributed by atoms with Gasteiger partial charge in [-0.25, -0.2) is 0 Å². The van der Waals surface area contributed by atoms with E-state index in [1.54, 1.807) is 0 Å². The number of nitrogens with zero attached hydrogens (tertiary/aromatic N) is 1. The number of likely N-dealkylation sites (tertiary alicyclic amines) is 1. The number of rotatable bonds is 7. The third-order valence-electron chi connectivity index (χ3n) is 10.4. The molecule has 6 aliphatic rings. The van der Waals surface area contributed by atoms with Crippen LogP contribution in [0.3, 0.4) is 0 Å². The van der Waals surface area contributed by atoms with Crippen molar-refractivity contribution in [1.29, 1.82) is 0 Å². The minimum atomic E-state index is -1.08. The van der Waals surface area contributed by atoms with E-state index in [0.717, 1.165) is 64.0 Å². The number of hydrogen-bond donors (Lipinski definition) is 2. The fourth-order valence-corrected chi connectivity index (χ4v) is 8.13. The van der Waals surface area contributed by atoms with Gasteiger partial charge in [0.2, 0.25) is 0 Å². The third kappa shape index (κ3) is 3.75.